The summed E-state index contributed by atoms with van der Waals surface area (Å²) in [6.07, 6.45) is 0.979. The Bertz CT molecular complexity index is 458. The van der Waals surface area contributed by atoms with Crippen LogP contribution in [0.15, 0.2) is 0 Å². The predicted octanol–water partition coefficient (Wildman–Crippen LogP) is 0.0806. The number of ketones is 1. The summed E-state index contributed by atoms with van der Waals surface area (Å²) in [5, 5.41) is 0. The summed E-state index contributed by atoms with van der Waals surface area (Å²) in [4.78, 5) is 22.6. The second-order valence-electron chi connectivity index (χ2n) is 4.36. The van der Waals surface area contributed by atoms with E-state index in [-0.39, 0.29) is 17.6 Å². The van der Waals surface area contributed by atoms with E-state index < -0.39 is 27.7 Å². The molecule has 2 rings (SSSR count). The molecule has 2 bridgehead atoms. The summed E-state index contributed by atoms with van der Waals surface area (Å²) >= 11 is 0. The Hall–Kier alpha value is -1.02. The minimum absolute atomic E-state index is 0.148. The number of halogens is 1. The van der Waals surface area contributed by atoms with Crippen molar-refractivity contribution in [2.24, 2.45) is 11.8 Å². The normalized spacial score (nSPS) is 33.8. The van der Waals surface area contributed by atoms with Gasteiger partial charge in [-0.3, -0.25) is 9.35 Å². The van der Waals surface area contributed by atoms with Gasteiger partial charge in [-0.15, -0.1) is 0 Å². The van der Waals surface area contributed by atoms with Crippen LogP contribution >= 0.6 is 0 Å². The van der Waals surface area contributed by atoms with Crippen molar-refractivity contribution >= 4 is 21.9 Å². The van der Waals surface area contributed by atoms with E-state index in [4.69, 9.17) is 4.55 Å². The fraction of sp³-hybridized carbons (Fsp3) is 0.778. The highest BCUT2D eigenvalue weighted by Crippen LogP contribution is 2.43. The maximum atomic E-state index is 12.9. The minimum atomic E-state index is -5.13. The van der Waals surface area contributed by atoms with E-state index in [9.17, 15) is 22.4 Å². The molecule has 96 valence electrons. The predicted molar refractivity (Wildman–Crippen MR) is 52.2 cm³/mol. The van der Waals surface area contributed by atoms with Gasteiger partial charge in [-0.25, -0.2) is 9.18 Å². The number of esters is 1. The molecular weight excluding hydrogens is 255 g/mol. The Labute approximate surface area is 96.9 Å². The van der Waals surface area contributed by atoms with E-state index in [2.05, 4.69) is 4.74 Å². The van der Waals surface area contributed by atoms with Gasteiger partial charge in [-0.2, -0.15) is 8.42 Å². The van der Waals surface area contributed by atoms with Crippen LogP contribution in [-0.4, -0.2) is 36.3 Å². The Kier molecular flexibility index (Phi) is 2.94. The first-order chi connectivity index (χ1) is 7.80. The van der Waals surface area contributed by atoms with Crippen LogP contribution in [0.1, 0.15) is 19.3 Å². The third kappa shape index (κ3) is 2.19. The molecule has 0 aromatic rings. The van der Waals surface area contributed by atoms with Crippen LogP contribution in [0.5, 0.6) is 0 Å². The number of hydrogen-bond donors (Lipinski definition) is 1. The molecule has 0 aliphatic heterocycles. The molecule has 2 saturated carbocycles. The number of carbonyl (C=O) groups is 2. The molecule has 2 aliphatic carbocycles. The molecule has 0 aromatic carbocycles. The first-order valence-corrected chi connectivity index (χ1v) is 6.65. The van der Waals surface area contributed by atoms with Gasteiger partial charge in [0, 0.05) is 11.8 Å². The lowest BCUT2D eigenvalue weighted by Gasteiger charge is -2.20. The highest BCUT2D eigenvalue weighted by atomic mass is 32.2. The van der Waals surface area contributed by atoms with Crippen LogP contribution in [0.4, 0.5) is 4.39 Å². The first kappa shape index (κ1) is 12.4. The summed E-state index contributed by atoms with van der Waals surface area (Å²) in [7, 11) is -5.13. The number of hydrogen-bond acceptors (Lipinski definition) is 5. The van der Waals surface area contributed by atoms with Crippen LogP contribution < -0.4 is 0 Å². The summed E-state index contributed by atoms with van der Waals surface area (Å²) in [5.41, 5.74) is -3.14. The van der Waals surface area contributed by atoms with E-state index in [1.807, 2.05) is 0 Å². The molecule has 0 saturated heterocycles. The highest BCUT2D eigenvalue weighted by molar-refractivity contribution is 7.87. The number of carbonyl (C=O) groups excluding carboxylic acids is 2. The highest BCUT2D eigenvalue weighted by Gasteiger charge is 2.50. The summed E-state index contributed by atoms with van der Waals surface area (Å²) in [5.74, 6) is -2.32. The fourth-order valence-corrected chi connectivity index (χ4v) is 2.77. The first-order valence-electron chi connectivity index (χ1n) is 5.15. The zero-order chi connectivity index (χ0) is 12.8. The van der Waals surface area contributed by atoms with Crippen molar-refractivity contribution in [2.45, 2.75) is 30.9 Å². The Balaban J connectivity index is 2.03. The molecule has 0 aromatic heterocycles. The molecule has 0 heterocycles. The van der Waals surface area contributed by atoms with E-state index in [0.29, 0.717) is 12.8 Å². The zero-order valence-electron chi connectivity index (χ0n) is 8.71. The van der Waals surface area contributed by atoms with Crippen molar-refractivity contribution in [3.05, 3.63) is 0 Å². The van der Waals surface area contributed by atoms with Gasteiger partial charge in [0.25, 0.3) is 0 Å². The van der Waals surface area contributed by atoms with Crippen LogP contribution in [0.3, 0.4) is 0 Å². The second kappa shape index (κ2) is 4.02. The molecule has 2 aliphatic rings. The number of rotatable bonds is 3. The number of ether oxygens (including phenoxy) is 1. The molecule has 4 atom stereocenters. The summed E-state index contributed by atoms with van der Waals surface area (Å²) < 4.78 is 46.6. The Morgan fingerprint density at radius 1 is 1.47 bits per heavy atom. The van der Waals surface area contributed by atoms with Crippen molar-refractivity contribution < 1.29 is 31.7 Å². The second-order valence-corrected chi connectivity index (χ2v) is 5.80. The maximum absolute atomic E-state index is 12.9. The number of alkyl halides is 1. The van der Waals surface area contributed by atoms with Gasteiger partial charge in [0.2, 0.25) is 0 Å². The third-order valence-corrected chi connectivity index (χ3v) is 3.99. The summed E-state index contributed by atoms with van der Waals surface area (Å²) in [6.45, 7) is 0. The number of Topliss-reactive ketones (excluding diaryl/α,β-unsaturated/α-hetero) is 1. The van der Waals surface area contributed by atoms with Crippen molar-refractivity contribution in [3.8, 4) is 0 Å². The molecule has 17 heavy (non-hydrogen) atoms. The Morgan fingerprint density at radius 2 is 2.12 bits per heavy atom. The maximum Gasteiger partial charge on any atom is 0.360 e. The molecule has 0 radical (unpaired) electrons. The van der Waals surface area contributed by atoms with E-state index in [1.54, 1.807) is 0 Å². The largest absolute Gasteiger partial charge is 0.451 e. The van der Waals surface area contributed by atoms with E-state index in [1.165, 1.54) is 0 Å². The molecule has 4 unspecified atom stereocenters. The van der Waals surface area contributed by atoms with Gasteiger partial charge in [-0.05, 0) is 19.3 Å². The van der Waals surface area contributed by atoms with Crippen LogP contribution in [0, 0.1) is 11.8 Å². The lowest BCUT2D eigenvalue weighted by atomic mass is 9.96. The number of fused-ring (bicyclic) bond motifs is 2. The smallest absolute Gasteiger partial charge is 0.360 e. The molecule has 2 fully saturated rings. The Morgan fingerprint density at radius 3 is 2.59 bits per heavy atom. The fourth-order valence-electron chi connectivity index (χ4n) is 2.47. The van der Waals surface area contributed by atoms with Gasteiger partial charge >= 0.3 is 21.6 Å². The topological polar surface area (TPSA) is 97.7 Å². The van der Waals surface area contributed by atoms with E-state index in [0.717, 1.165) is 6.42 Å². The molecule has 1 N–H and O–H groups in total. The van der Waals surface area contributed by atoms with Crippen LogP contribution in [-0.2, 0) is 24.4 Å². The van der Waals surface area contributed by atoms with E-state index >= 15 is 0 Å². The third-order valence-electron chi connectivity index (χ3n) is 3.27. The monoisotopic (exact) mass is 266 g/mol. The van der Waals surface area contributed by atoms with Crippen LogP contribution in [0.2, 0.25) is 0 Å². The van der Waals surface area contributed by atoms with Gasteiger partial charge in [0.15, 0.2) is 11.9 Å². The van der Waals surface area contributed by atoms with Crippen molar-refractivity contribution in [3.63, 3.8) is 0 Å². The lowest BCUT2D eigenvalue weighted by Crippen LogP contribution is -2.37. The quantitative estimate of drug-likeness (QED) is 0.574. The lowest BCUT2D eigenvalue weighted by molar-refractivity contribution is -0.159. The average molecular weight is 266 g/mol. The molecule has 6 nitrogen and oxygen atoms in total. The summed E-state index contributed by atoms with van der Waals surface area (Å²) in [6, 6.07) is 0. The van der Waals surface area contributed by atoms with Gasteiger partial charge in [0.1, 0.15) is 0 Å². The van der Waals surface area contributed by atoms with Crippen LogP contribution in [0.25, 0.3) is 0 Å². The van der Waals surface area contributed by atoms with Gasteiger partial charge in [-0.1, -0.05) is 0 Å². The SMILES string of the molecule is O=C1C2CCC(C2)C1OC(=O)C(F)S(=O)(=O)O. The van der Waals surface area contributed by atoms with Crippen molar-refractivity contribution in [1.29, 1.82) is 0 Å². The zero-order valence-corrected chi connectivity index (χ0v) is 9.52. The van der Waals surface area contributed by atoms with Gasteiger partial charge in [0.05, 0.1) is 0 Å². The molecular formula is C9H11FO6S. The average Bonchev–Trinajstić information content (AvgIpc) is 2.79. The molecule has 0 amide bonds. The molecule has 0 spiro atoms. The molecule has 8 heteroatoms. The van der Waals surface area contributed by atoms with Gasteiger partial charge < -0.3 is 4.74 Å². The van der Waals surface area contributed by atoms with Crippen molar-refractivity contribution in [2.75, 3.05) is 0 Å². The standard InChI is InChI=1S/C9H11FO6S/c10-8(17(13,14)15)9(12)16-7-5-2-1-4(3-5)6(7)11/h4-5,7-8H,1-3H2,(H,13,14,15). The minimum Gasteiger partial charge on any atom is -0.451 e. The van der Waals surface area contributed by atoms with Crippen molar-refractivity contribution in [1.82, 2.24) is 0 Å².